The zero-order valence-corrected chi connectivity index (χ0v) is 18.1. The Kier molecular flexibility index (Phi) is 6.90. The van der Waals surface area contributed by atoms with Gasteiger partial charge in [0, 0.05) is 23.4 Å². The van der Waals surface area contributed by atoms with Crippen LogP contribution >= 0.6 is 0 Å². The third kappa shape index (κ3) is 4.24. The highest BCUT2D eigenvalue weighted by atomic mass is 16.3. The zero-order chi connectivity index (χ0) is 22.5. The Morgan fingerprint density at radius 1 is 0.968 bits per heavy atom. The smallest absolute Gasteiger partial charge is 0.299 e. The second-order valence-corrected chi connectivity index (χ2v) is 7.56. The molecule has 2 aromatic rings. The van der Waals surface area contributed by atoms with Crippen molar-refractivity contribution >= 4 is 29.0 Å². The Bertz CT molecular complexity index is 992. The summed E-state index contributed by atoms with van der Waals surface area (Å²) in [6, 6.07) is 14.9. The number of rotatable bonds is 7. The molecule has 1 aliphatic heterocycles. The number of aliphatic hydroxyl groups excluding tert-OH is 1. The molecule has 6 heteroatoms. The minimum absolute atomic E-state index is 0.00219. The molecule has 162 valence electrons. The first kappa shape index (κ1) is 22.3. The van der Waals surface area contributed by atoms with Gasteiger partial charge < -0.3 is 10.4 Å². The van der Waals surface area contributed by atoms with Gasteiger partial charge >= 0.3 is 0 Å². The van der Waals surface area contributed by atoms with Crippen molar-refractivity contribution in [3.8, 4) is 0 Å². The average Bonchev–Trinajstić information content (AvgIpc) is 3.05. The van der Waals surface area contributed by atoms with E-state index in [1.165, 1.54) is 4.90 Å². The summed E-state index contributed by atoms with van der Waals surface area (Å²) < 4.78 is 0. The van der Waals surface area contributed by atoms with Gasteiger partial charge in [-0.1, -0.05) is 57.0 Å². The lowest BCUT2D eigenvalue weighted by Crippen LogP contribution is -2.39. The van der Waals surface area contributed by atoms with E-state index in [-0.39, 0.29) is 23.2 Å². The summed E-state index contributed by atoms with van der Waals surface area (Å²) in [6.07, 6.45) is 1.50. The molecule has 0 radical (unpaired) electrons. The van der Waals surface area contributed by atoms with Gasteiger partial charge in [-0.15, -0.1) is 0 Å². The zero-order valence-electron chi connectivity index (χ0n) is 18.1. The summed E-state index contributed by atoms with van der Waals surface area (Å²) in [7, 11) is 0. The van der Waals surface area contributed by atoms with Crippen LogP contribution in [-0.4, -0.2) is 35.3 Å². The predicted molar refractivity (Wildman–Crippen MR) is 121 cm³/mol. The van der Waals surface area contributed by atoms with E-state index in [0.717, 1.165) is 12.8 Å². The number of nitrogens with zero attached hydrogens (tertiary/aromatic N) is 1. The Balaban J connectivity index is 2.10. The number of hydrogen-bond donors (Lipinski definition) is 2. The van der Waals surface area contributed by atoms with E-state index < -0.39 is 17.7 Å². The lowest BCUT2D eigenvalue weighted by Gasteiger charge is -2.31. The summed E-state index contributed by atoms with van der Waals surface area (Å²) >= 11 is 0. The van der Waals surface area contributed by atoms with Crippen LogP contribution in [0.25, 0.3) is 5.76 Å². The fraction of sp³-hybridized carbons (Fsp3) is 0.320. The number of aliphatic hydroxyl groups is 1. The van der Waals surface area contributed by atoms with Crippen molar-refractivity contribution < 1.29 is 19.5 Å². The minimum atomic E-state index is -0.689. The van der Waals surface area contributed by atoms with Crippen LogP contribution < -0.4 is 10.2 Å². The summed E-state index contributed by atoms with van der Waals surface area (Å²) in [6.45, 7) is 6.38. The number of benzene rings is 2. The highest BCUT2D eigenvalue weighted by Gasteiger charge is 2.48. The van der Waals surface area contributed by atoms with Gasteiger partial charge in [0.1, 0.15) is 5.76 Å². The maximum atomic E-state index is 13.0. The standard InChI is InChI=1S/C25H28N2O4/c1-4-16(5-2)21-20(23(29)25(31)27(21)19-10-8-7-9-11-19)22(28)17-12-14-18(15-13-17)24(30)26-6-3/h7-16,21,28H,4-6H2,1-3H3,(H,26,30)/b22-20-. The topological polar surface area (TPSA) is 86.7 Å². The van der Waals surface area contributed by atoms with Gasteiger partial charge in [0.15, 0.2) is 0 Å². The van der Waals surface area contributed by atoms with Gasteiger partial charge in [0.2, 0.25) is 0 Å². The normalized spacial score (nSPS) is 17.9. The molecule has 0 spiro atoms. The van der Waals surface area contributed by atoms with Crippen molar-refractivity contribution in [1.82, 2.24) is 5.32 Å². The first-order valence-corrected chi connectivity index (χ1v) is 10.7. The van der Waals surface area contributed by atoms with Crippen LogP contribution in [-0.2, 0) is 9.59 Å². The highest BCUT2D eigenvalue weighted by Crippen LogP contribution is 2.38. The minimum Gasteiger partial charge on any atom is -0.507 e. The number of hydrogen-bond acceptors (Lipinski definition) is 4. The molecular formula is C25H28N2O4. The monoisotopic (exact) mass is 420 g/mol. The largest absolute Gasteiger partial charge is 0.507 e. The predicted octanol–water partition coefficient (Wildman–Crippen LogP) is 4.13. The number of para-hydroxylation sites is 1. The Hall–Kier alpha value is -3.41. The van der Waals surface area contributed by atoms with E-state index >= 15 is 0 Å². The SMILES string of the molecule is CCNC(=O)c1ccc(/C(O)=C2/C(=O)C(=O)N(c3ccccc3)C2C(CC)CC)cc1. The molecule has 31 heavy (non-hydrogen) atoms. The van der Waals surface area contributed by atoms with Crippen LogP contribution in [0.5, 0.6) is 0 Å². The molecular weight excluding hydrogens is 392 g/mol. The summed E-state index contributed by atoms with van der Waals surface area (Å²) in [4.78, 5) is 39.5. The number of amides is 2. The molecule has 1 atom stereocenters. The van der Waals surface area contributed by atoms with Crippen molar-refractivity contribution in [2.75, 3.05) is 11.4 Å². The lowest BCUT2D eigenvalue weighted by molar-refractivity contribution is -0.132. The second-order valence-electron chi connectivity index (χ2n) is 7.56. The van der Waals surface area contributed by atoms with Crippen molar-refractivity contribution in [1.29, 1.82) is 0 Å². The molecule has 2 aromatic carbocycles. The lowest BCUT2D eigenvalue weighted by atomic mass is 9.87. The fourth-order valence-electron chi connectivity index (χ4n) is 4.11. The molecule has 1 heterocycles. The van der Waals surface area contributed by atoms with Crippen molar-refractivity contribution in [3.63, 3.8) is 0 Å². The molecule has 1 saturated heterocycles. The van der Waals surface area contributed by atoms with Crippen LogP contribution in [0.1, 0.15) is 49.5 Å². The highest BCUT2D eigenvalue weighted by molar-refractivity contribution is 6.51. The third-order valence-electron chi connectivity index (χ3n) is 5.77. The van der Waals surface area contributed by atoms with E-state index in [1.54, 1.807) is 36.4 Å². The second kappa shape index (κ2) is 9.60. The van der Waals surface area contributed by atoms with E-state index in [0.29, 0.717) is 23.4 Å². The van der Waals surface area contributed by atoms with E-state index in [9.17, 15) is 19.5 Å². The molecule has 0 saturated carbocycles. The van der Waals surface area contributed by atoms with Crippen LogP contribution in [0, 0.1) is 5.92 Å². The van der Waals surface area contributed by atoms with E-state index in [2.05, 4.69) is 5.32 Å². The Morgan fingerprint density at radius 3 is 2.10 bits per heavy atom. The van der Waals surface area contributed by atoms with Crippen LogP contribution in [0.3, 0.4) is 0 Å². The van der Waals surface area contributed by atoms with Crippen LogP contribution in [0.4, 0.5) is 5.69 Å². The molecule has 0 aliphatic carbocycles. The number of nitrogens with one attached hydrogen (secondary N) is 1. The molecule has 1 fully saturated rings. The van der Waals surface area contributed by atoms with E-state index in [1.807, 2.05) is 39.0 Å². The van der Waals surface area contributed by atoms with Gasteiger partial charge in [0.05, 0.1) is 11.6 Å². The molecule has 1 unspecified atom stereocenters. The quantitative estimate of drug-likeness (QED) is 0.401. The first-order chi connectivity index (χ1) is 14.9. The number of Topliss-reactive ketones (excluding diaryl/α,β-unsaturated/α-hetero) is 1. The number of carbonyl (C=O) groups excluding carboxylic acids is 3. The Labute approximate surface area is 182 Å². The molecule has 1 aliphatic rings. The van der Waals surface area contributed by atoms with Crippen molar-refractivity contribution in [2.24, 2.45) is 5.92 Å². The number of anilines is 1. The molecule has 0 aromatic heterocycles. The van der Waals surface area contributed by atoms with Crippen LogP contribution in [0.15, 0.2) is 60.2 Å². The molecule has 6 nitrogen and oxygen atoms in total. The third-order valence-corrected chi connectivity index (χ3v) is 5.77. The summed E-state index contributed by atoms with van der Waals surface area (Å²) in [5, 5.41) is 13.8. The fourth-order valence-corrected chi connectivity index (χ4v) is 4.11. The maximum absolute atomic E-state index is 13.0. The first-order valence-electron chi connectivity index (χ1n) is 10.7. The van der Waals surface area contributed by atoms with Gasteiger partial charge in [-0.2, -0.15) is 0 Å². The van der Waals surface area contributed by atoms with Crippen LogP contribution in [0.2, 0.25) is 0 Å². The maximum Gasteiger partial charge on any atom is 0.299 e. The summed E-state index contributed by atoms with van der Waals surface area (Å²) in [5.41, 5.74) is 1.61. The number of ketones is 1. The molecule has 3 rings (SSSR count). The molecule has 0 bridgehead atoms. The van der Waals surface area contributed by atoms with Crippen molar-refractivity contribution in [3.05, 3.63) is 71.3 Å². The van der Waals surface area contributed by atoms with Gasteiger partial charge in [0.25, 0.3) is 17.6 Å². The summed E-state index contributed by atoms with van der Waals surface area (Å²) in [5.74, 6) is -1.74. The molecule has 2 N–H and O–H groups in total. The van der Waals surface area contributed by atoms with Crippen molar-refractivity contribution in [2.45, 2.75) is 39.7 Å². The average molecular weight is 421 g/mol. The van der Waals surface area contributed by atoms with E-state index in [4.69, 9.17) is 0 Å². The Morgan fingerprint density at radius 2 is 1.55 bits per heavy atom. The van der Waals surface area contributed by atoms with Gasteiger partial charge in [-0.25, -0.2) is 0 Å². The molecule has 2 amide bonds. The number of carbonyl (C=O) groups is 3. The van der Waals surface area contributed by atoms with Gasteiger partial charge in [-0.3, -0.25) is 19.3 Å². The van der Waals surface area contributed by atoms with Gasteiger partial charge in [-0.05, 0) is 37.1 Å².